The second-order valence-electron chi connectivity index (χ2n) is 4.20. The van der Waals surface area contributed by atoms with Gasteiger partial charge in [0.1, 0.15) is 5.54 Å². The van der Waals surface area contributed by atoms with Crippen molar-refractivity contribution in [2.75, 3.05) is 13.1 Å². The fraction of sp³-hybridized carbons (Fsp3) is 0.500. The highest BCUT2D eigenvalue weighted by molar-refractivity contribution is 6.30. The smallest absolute Gasteiger partial charge is 0.328 e. The molecule has 0 amide bonds. The van der Waals surface area contributed by atoms with Crippen molar-refractivity contribution >= 4 is 17.6 Å². The molecule has 1 atom stereocenters. The predicted octanol–water partition coefficient (Wildman–Crippen LogP) is 3.37. The van der Waals surface area contributed by atoms with Crippen LogP contribution in [0.1, 0.15) is 32.8 Å². The van der Waals surface area contributed by atoms with Crippen LogP contribution in [0.4, 0.5) is 0 Å². The lowest BCUT2D eigenvalue weighted by molar-refractivity contribution is -0.152. The molecule has 0 fully saturated rings. The summed E-state index contributed by atoms with van der Waals surface area (Å²) in [6, 6.07) is 7.14. The zero-order valence-electron chi connectivity index (χ0n) is 11.1. The van der Waals surface area contributed by atoms with Gasteiger partial charge in [-0.05, 0) is 37.2 Å². The lowest BCUT2D eigenvalue weighted by Gasteiger charge is -2.39. The predicted molar refractivity (Wildman–Crippen MR) is 74.0 cm³/mol. The second-order valence-corrected chi connectivity index (χ2v) is 4.64. The average molecular weight is 270 g/mol. The van der Waals surface area contributed by atoms with Crippen molar-refractivity contribution in [1.29, 1.82) is 0 Å². The standard InChI is InChI=1S/C14H20ClNO2/c1-4-14(13(17)18,16(5-2)6-3)11-8-7-9-12(15)10-11/h7-10H,4-6H2,1-3H3,(H,17,18). The van der Waals surface area contributed by atoms with Crippen molar-refractivity contribution in [2.45, 2.75) is 32.7 Å². The first-order valence-electron chi connectivity index (χ1n) is 6.27. The molecule has 1 aromatic rings. The third kappa shape index (κ3) is 2.52. The maximum atomic E-state index is 11.8. The first-order valence-corrected chi connectivity index (χ1v) is 6.65. The summed E-state index contributed by atoms with van der Waals surface area (Å²) < 4.78 is 0. The fourth-order valence-corrected chi connectivity index (χ4v) is 2.72. The third-order valence-corrected chi connectivity index (χ3v) is 3.71. The van der Waals surface area contributed by atoms with Gasteiger partial charge in [0.25, 0.3) is 0 Å². The zero-order valence-corrected chi connectivity index (χ0v) is 11.9. The molecule has 0 aromatic heterocycles. The highest BCUT2D eigenvalue weighted by Gasteiger charge is 2.43. The Balaban J connectivity index is 3.40. The van der Waals surface area contributed by atoms with Gasteiger partial charge >= 0.3 is 5.97 Å². The van der Waals surface area contributed by atoms with Gasteiger partial charge in [-0.2, -0.15) is 0 Å². The van der Waals surface area contributed by atoms with Gasteiger partial charge in [0.15, 0.2) is 0 Å². The van der Waals surface area contributed by atoms with Gasteiger partial charge in [-0.15, -0.1) is 0 Å². The van der Waals surface area contributed by atoms with Crippen LogP contribution in [0, 0.1) is 0 Å². The Kier molecular flexibility index (Phi) is 5.17. The van der Waals surface area contributed by atoms with E-state index in [2.05, 4.69) is 0 Å². The van der Waals surface area contributed by atoms with Crippen LogP contribution in [0.15, 0.2) is 24.3 Å². The van der Waals surface area contributed by atoms with E-state index in [0.717, 1.165) is 5.56 Å². The van der Waals surface area contributed by atoms with E-state index >= 15 is 0 Å². The van der Waals surface area contributed by atoms with E-state index in [-0.39, 0.29) is 0 Å². The minimum atomic E-state index is -0.992. The van der Waals surface area contributed by atoms with Gasteiger partial charge in [-0.3, -0.25) is 4.90 Å². The zero-order chi connectivity index (χ0) is 13.8. The number of hydrogen-bond donors (Lipinski definition) is 1. The van der Waals surface area contributed by atoms with Crippen LogP contribution in [-0.2, 0) is 10.3 Å². The molecule has 1 rings (SSSR count). The minimum absolute atomic E-state index is 0.504. The van der Waals surface area contributed by atoms with Crippen molar-refractivity contribution < 1.29 is 9.90 Å². The largest absolute Gasteiger partial charge is 0.480 e. The molecule has 0 aliphatic rings. The summed E-state index contributed by atoms with van der Waals surface area (Å²) in [5.74, 6) is -0.823. The van der Waals surface area contributed by atoms with Crippen molar-refractivity contribution in [2.24, 2.45) is 0 Å². The van der Waals surface area contributed by atoms with Gasteiger partial charge < -0.3 is 5.11 Å². The SMILES string of the molecule is CCN(CC)C(CC)(C(=O)O)c1cccc(Cl)c1. The molecule has 0 bridgehead atoms. The number of hydrogen-bond acceptors (Lipinski definition) is 2. The number of aliphatic carboxylic acids is 1. The number of likely N-dealkylation sites (N-methyl/N-ethyl adjacent to an activating group) is 1. The van der Waals surface area contributed by atoms with Gasteiger partial charge in [0, 0.05) is 5.02 Å². The normalized spacial score (nSPS) is 14.5. The van der Waals surface area contributed by atoms with Crippen molar-refractivity contribution in [1.82, 2.24) is 4.90 Å². The molecule has 0 radical (unpaired) electrons. The van der Waals surface area contributed by atoms with Crippen molar-refractivity contribution in [3.8, 4) is 0 Å². The summed E-state index contributed by atoms with van der Waals surface area (Å²) in [5.41, 5.74) is -0.247. The highest BCUT2D eigenvalue weighted by atomic mass is 35.5. The van der Waals surface area contributed by atoms with E-state index in [1.165, 1.54) is 0 Å². The Morgan fingerprint density at radius 2 is 1.94 bits per heavy atom. The third-order valence-electron chi connectivity index (χ3n) is 3.47. The molecular formula is C14H20ClNO2. The summed E-state index contributed by atoms with van der Waals surface area (Å²) >= 11 is 5.99. The van der Waals surface area contributed by atoms with E-state index in [1.54, 1.807) is 18.2 Å². The Hall–Kier alpha value is -1.06. The van der Waals surface area contributed by atoms with Crippen LogP contribution in [-0.4, -0.2) is 29.1 Å². The molecule has 0 saturated heterocycles. The van der Waals surface area contributed by atoms with E-state index < -0.39 is 11.5 Å². The number of rotatable bonds is 6. The average Bonchev–Trinajstić information content (AvgIpc) is 2.35. The lowest BCUT2D eigenvalue weighted by Crippen LogP contribution is -2.51. The molecule has 0 spiro atoms. The number of carboxylic acids is 1. The molecule has 0 heterocycles. The number of benzene rings is 1. The van der Waals surface area contributed by atoms with Crippen LogP contribution >= 0.6 is 11.6 Å². The number of halogens is 1. The Bertz CT molecular complexity index is 418. The van der Waals surface area contributed by atoms with E-state index in [1.807, 2.05) is 31.7 Å². The molecule has 0 saturated carbocycles. The van der Waals surface area contributed by atoms with E-state index in [4.69, 9.17) is 11.6 Å². The first-order chi connectivity index (χ1) is 8.52. The highest BCUT2D eigenvalue weighted by Crippen LogP contribution is 2.33. The number of nitrogens with zero attached hydrogens (tertiary/aromatic N) is 1. The molecule has 18 heavy (non-hydrogen) atoms. The number of carboxylic acid groups (broad SMARTS) is 1. The summed E-state index contributed by atoms with van der Waals surface area (Å²) in [4.78, 5) is 13.8. The molecule has 3 nitrogen and oxygen atoms in total. The maximum absolute atomic E-state index is 11.8. The van der Waals surface area contributed by atoms with E-state index in [9.17, 15) is 9.90 Å². The van der Waals surface area contributed by atoms with Gasteiger partial charge in [0.05, 0.1) is 0 Å². The van der Waals surface area contributed by atoms with Gasteiger partial charge in [0.2, 0.25) is 0 Å². The Morgan fingerprint density at radius 1 is 1.33 bits per heavy atom. The van der Waals surface area contributed by atoms with E-state index in [0.29, 0.717) is 24.5 Å². The minimum Gasteiger partial charge on any atom is -0.480 e. The molecule has 1 unspecified atom stereocenters. The summed E-state index contributed by atoms with van der Waals surface area (Å²) in [5, 5.41) is 10.3. The molecule has 1 aromatic carbocycles. The van der Waals surface area contributed by atoms with Crippen LogP contribution in [0.5, 0.6) is 0 Å². The molecule has 0 aliphatic carbocycles. The monoisotopic (exact) mass is 269 g/mol. The first kappa shape index (κ1) is 15.0. The molecule has 4 heteroatoms. The molecule has 100 valence electrons. The summed E-state index contributed by atoms with van der Waals surface area (Å²) in [6.45, 7) is 7.21. The molecule has 1 N–H and O–H groups in total. The van der Waals surface area contributed by atoms with Crippen LogP contribution < -0.4 is 0 Å². The van der Waals surface area contributed by atoms with Crippen molar-refractivity contribution in [3.05, 3.63) is 34.9 Å². The lowest BCUT2D eigenvalue weighted by atomic mass is 9.85. The van der Waals surface area contributed by atoms with Gasteiger partial charge in [-0.1, -0.05) is 44.5 Å². The summed E-state index contributed by atoms with van der Waals surface area (Å²) in [6.07, 6.45) is 0.504. The summed E-state index contributed by atoms with van der Waals surface area (Å²) in [7, 11) is 0. The maximum Gasteiger partial charge on any atom is 0.328 e. The van der Waals surface area contributed by atoms with Crippen LogP contribution in [0.2, 0.25) is 5.02 Å². The quantitative estimate of drug-likeness (QED) is 0.861. The van der Waals surface area contributed by atoms with Gasteiger partial charge in [-0.25, -0.2) is 4.79 Å². The fourth-order valence-electron chi connectivity index (χ4n) is 2.53. The number of carbonyl (C=O) groups is 1. The topological polar surface area (TPSA) is 40.5 Å². The Labute approximate surface area is 113 Å². The van der Waals surface area contributed by atoms with Crippen LogP contribution in [0.25, 0.3) is 0 Å². The Morgan fingerprint density at radius 3 is 2.33 bits per heavy atom. The molecular weight excluding hydrogens is 250 g/mol. The second kappa shape index (κ2) is 6.21. The molecule has 0 aliphatic heterocycles. The van der Waals surface area contributed by atoms with Crippen molar-refractivity contribution in [3.63, 3.8) is 0 Å². The van der Waals surface area contributed by atoms with Crippen LogP contribution in [0.3, 0.4) is 0 Å².